The second kappa shape index (κ2) is 8.77. The van der Waals surface area contributed by atoms with Crippen LogP contribution in [-0.2, 0) is 23.1 Å². The highest BCUT2D eigenvalue weighted by atomic mass is 32.2. The van der Waals surface area contributed by atoms with Crippen molar-refractivity contribution in [3.05, 3.63) is 100.0 Å². The fourth-order valence-corrected chi connectivity index (χ4v) is 5.12. The minimum absolute atomic E-state index is 0.0530. The lowest BCUT2D eigenvalue weighted by atomic mass is 10.1. The van der Waals surface area contributed by atoms with Gasteiger partial charge in [-0.15, -0.1) is 0 Å². The predicted molar refractivity (Wildman–Crippen MR) is 120 cm³/mol. The summed E-state index contributed by atoms with van der Waals surface area (Å²) in [5, 5.41) is 2.87. The summed E-state index contributed by atoms with van der Waals surface area (Å²) in [6, 6.07) is 19.4. The number of nitrogens with one attached hydrogen (secondary N) is 1. The third kappa shape index (κ3) is 4.86. The average Bonchev–Trinajstić information content (AvgIpc) is 3.13. The first-order valence-electron chi connectivity index (χ1n) is 10.0. The minimum Gasteiger partial charge on any atom is -0.348 e. The number of aromatic nitrogens is 1. The number of benzene rings is 2. The molecule has 0 radical (unpaired) electrons. The Bertz CT molecular complexity index is 1250. The summed E-state index contributed by atoms with van der Waals surface area (Å²) in [7, 11) is -3.29. The Labute approximate surface area is 181 Å². The molecule has 8 heteroatoms. The number of hydrogen-bond acceptors (Lipinski definition) is 4. The maximum absolute atomic E-state index is 12.6. The molecule has 31 heavy (non-hydrogen) atoms. The Balaban J connectivity index is 1.38. The first-order chi connectivity index (χ1) is 14.9. The highest BCUT2D eigenvalue weighted by Crippen LogP contribution is 2.24. The van der Waals surface area contributed by atoms with Crippen LogP contribution in [0.5, 0.6) is 0 Å². The van der Waals surface area contributed by atoms with Crippen LogP contribution in [-0.4, -0.2) is 31.2 Å². The van der Waals surface area contributed by atoms with Gasteiger partial charge in [0, 0.05) is 30.9 Å². The fraction of sp³-hybridized carbons (Fsp3) is 0.217. The van der Waals surface area contributed by atoms with Gasteiger partial charge in [0.2, 0.25) is 10.0 Å². The van der Waals surface area contributed by atoms with Gasteiger partial charge < -0.3 is 9.88 Å². The second-order valence-electron chi connectivity index (χ2n) is 7.46. The molecule has 7 nitrogen and oxygen atoms in total. The molecule has 0 unspecified atom stereocenters. The predicted octanol–water partition coefficient (Wildman–Crippen LogP) is 2.37. The number of sulfonamides is 1. The van der Waals surface area contributed by atoms with E-state index in [2.05, 4.69) is 5.32 Å². The molecule has 2 heterocycles. The van der Waals surface area contributed by atoms with Crippen LogP contribution >= 0.6 is 0 Å². The molecule has 0 spiro atoms. The number of hydrogen-bond donors (Lipinski definition) is 1. The molecule has 0 atom stereocenters. The normalized spacial score (nSPS) is 15.0. The molecule has 3 aromatic rings. The van der Waals surface area contributed by atoms with E-state index in [9.17, 15) is 18.0 Å². The van der Waals surface area contributed by atoms with E-state index in [0.29, 0.717) is 37.3 Å². The lowest BCUT2D eigenvalue weighted by molar-refractivity contribution is 0.0951. The molecule has 0 saturated carbocycles. The molecule has 2 aromatic carbocycles. The standard InChI is InChI=1S/C23H23N3O4S/c27-22-7-1-2-12-25(22)17-19-10-8-18(9-11-19)16-24-23(28)20-5-3-6-21(15-20)26-13-4-14-31(26,29)30/h1-3,5-12,15H,4,13-14,16-17H2,(H,24,28). The van der Waals surface area contributed by atoms with E-state index in [4.69, 9.17) is 0 Å². The zero-order chi connectivity index (χ0) is 21.8. The van der Waals surface area contributed by atoms with Gasteiger partial charge in [0.25, 0.3) is 11.5 Å². The molecular weight excluding hydrogens is 414 g/mol. The first-order valence-corrected chi connectivity index (χ1v) is 11.7. The molecule has 1 fully saturated rings. The smallest absolute Gasteiger partial charge is 0.251 e. The zero-order valence-electron chi connectivity index (χ0n) is 16.9. The minimum atomic E-state index is -3.29. The monoisotopic (exact) mass is 437 g/mol. The van der Waals surface area contributed by atoms with Crippen LogP contribution in [0.25, 0.3) is 0 Å². The fourth-order valence-electron chi connectivity index (χ4n) is 3.57. The van der Waals surface area contributed by atoms with Crippen molar-refractivity contribution in [2.24, 2.45) is 0 Å². The van der Waals surface area contributed by atoms with Crippen LogP contribution in [0.1, 0.15) is 27.9 Å². The lowest BCUT2D eigenvalue weighted by Crippen LogP contribution is -2.26. The van der Waals surface area contributed by atoms with Crippen molar-refractivity contribution in [1.29, 1.82) is 0 Å². The third-order valence-electron chi connectivity index (χ3n) is 5.22. The molecule has 1 saturated heterocycles. The van der Waals surface area contributed by atoms with Crippen molar-refractivity contribution in [2.75, 3.05) is 16.6 Å². The Morgan fingerprint density at radius 1 is 0.968 bits per heavy atom. The van der Waals surface area contributed by atoms with Gasteiger partial charge in [0.05, 0.1) is 18.0 Å². The zero-order valence-corrected chi connectivity index (χ0v) is 17.7. The van der Waals surface area contributed by atoms with E-state index in [-0.39, 0.29) is 17.2 Å². The molecule has 1 amide bonds. The van der Waals surface area contributed by atoms with Crippen LogP contribution < -0.4 is 15.2 Å². The molecule has 1 aliphatic rings. The summed E-state index contributed by atoms with van der Waals surface area (Å²) >= 11 is 0. The molecule has 160 valence electrons. The number of anilines is 1. The SMILES string of the molecule is O=C(NCc1ccc(Cn2ccccc2=O)cc1)c1cccc(N2CCCS2(=O)=O)c1. The molecule has 0 bridgehead atoms. The van der Waals surface area contributed by atoms with E-state index in [1.807, 2.05) is 30.3 Å². The van der Waals surface area contributed by atoms with Crippen molar-refractivity contribution in [1.82, 2.24) is 9.88 Å². The van der Waals surface area contributed by atoms with Crippen molar-refractivity contribution in [3.8, 4) is 0 Å². The molecule has 1 N–H and O–H groups in total. The Kier molecular flexibility index (Phi) is 5.90. The lowest BCUT2D eigenvalue weighted by Gasteiger charge is -2.17. The topological polar surface area (TPSA) is 88.5 Å². The number of amides is 1. The number of nitrogens with zero attached hydrogens (tertiary/aromatic N) is 2. The van der Waals surface area contributed by atoms with E-state index in [1.54, 1.807) is 41.1 Å². The van der Waals surface area contributed by atoms with Crippen LogP contribution in [0.2, 0.25) is 0 Å². The van der Waals surface area contributed by atoms with Gasteiger partial charge >= 0.3 is 0 Å². The van der Waals surface area contributed by atoms with Crippen molar-refractivity contribution in [2.45, 2.75) is 19.5 Å². The average molecular weight is 438 g/mol. The maximum atomic E-state index is 12.6. The van der Waals surface area contributed by atoms with Crippen molar-refractivity contribution in [3.63, 3.8) is 0 Å². The maximum Gasteiger partial charge on any atom is 0.251 e. The summed E-state index contributed by atoms with van der Waals surface area (Å²) in [6.45, 7) is 1.27. The highest BCUT2D eigenvalue weighted by Gasteiger charge is 2.28. The van der Waals surface area contributed by atoms with Gasteiger partial charge in [-0.3, -0.25) is 13.9 Å². The van der Waals surface area contributed by atoms with Crippen LogP contribution in [0, 0.1) is 0 Å². The first kappa shape index (κ1) is 20.9. The Morgan fingerprint density at radius 3 is 2.45 bits per heavy atom. The van der Waals surface area contributed by atoms with Gasteiger partial charge in [-0.05, 0) is 41.8 Å². The van der Waals surface area contributed by atoms with Crippen LogP contribution in [0.3, 0.4) is 0 Å². The molecular formula is C23H23N3O4S. The number of carbonyl (C=O) groups is 1. The van der Waals surface area contributed by atoms with E-state index >= 15 is 0 Å². The summed E-state index contributed by atoms with van der Waals surface area (Å²) in [6.07, 6.45) is 2.34. The Hall–Kier alpha value is -3.39. The quantitative estimate of drug-likeness (QED) is 0.641. The van der Waals surface area contributed by atoms with Crippen LogP contribution in [0.15, 0.2) is 77.7 Å². The largest absolute Gasteiger partial charge is 0.348 e. The molecule has 1 aliphatic heterocycles. The number of pyridine rings is 1. The van der Waals surface area contributed by atoms with Gasteiger partial charge in [-0.1, -0.05) is 36.4 Å². The van der Waals surface area contributed by atoms with E-state index in [1.165, 1.54) is 10.4 Å². The summed E-state index contributed by atoms with van der Waals surface area (Å²) in [4.78, 5) is 24.4. The van der Waals surface area contributed by atoms with E-state index < -0.39 is 10.0 Å². The van der Waals surface area contributed by atoms with Crippen molar-refractivity contribution >= 4 is 21.6 Å². The highest BCUT2D eigenvalue weighted by molar-refractivity contribution is 7.93. The third-order valence-corrected chi connectivity index (χ3v) is 7.09. The Morgan fingerprint density at radius 2 is 1.74 bits per heavy atom. The summed E-state index contributed by atoms with van der Waals surface area (Å²) in [5.74, 6) is -0.128. The molecule has 4 rings (SSSR count). The van der Waals surface area contributed by atoms with Crippen molar-refractivity contribution < 1.29 is 13.2 Å². The van der Waals surface area contributed by atoms with Gasteiger partial charge in [0.1, 0.15) is 0 Å². The van der Waals surface area contributed by atoms with Gasteiger partial charge in [-0.2, -0.15) is 0 Å². The number of rotatable bonds is 6. The van der Waals surface area contributed by atoms with E-state index in [0.717, 1.165) is 11.1 Å². The summed E-state index contributed by atoms with van der Waals surface area (Å²) < 4.78 is 27.2. The number of carbonyl (C=O) groups excluding carboxylic acids is 1. The van der Waals surface area contributed by atoms with Gasteiger partial charge in [0.15, 0.2) is 0 Å². The summed E-state index contributed by atoms with van der Waals surface area (Å²) in [5.41, 5.74) is 2.80. The van der Waals surface area contributed by atoms with Crippen LogP contribution in [0.4, 0.5) is 5.69 Å². The van der Waals surface area contributed by atoms with Gasteiger partial charge in [-0.25, -0.2) is 8.42 Å². The molecule has 0 aliphatic carbocycles. The molecule has 1 aromatic heterocycles. The second-order valence-corrected chi connectivity index (χ2v) is 9.47.